The van der Waals surface area contributed by atoms with E-state index in [9.17, 15) is 19.5 Å². The van der Waals surface area contributed by atoms with Crippen LogP contribution < -0.4 is 14.5 Å². The van der Waals surface area contributed by atoms with Crippen LogP contribution in [0.25, 0.3) is 0 Å². The zero-order valence-electron chi connectivity index (χ0n) is 40.9. The number of cyclic esters (lactones) is 1. The molecule has 5 aromatic rings. The molecule has 6 atom stereocenters. The molecule has 4 aliphatic heterocycles. The number of methoxy groups -OCH3 is 3. The quantitative estimate of drug-likeness (QED) is 0.0538. The predicted octanol–water partition coefficient (Wildman–Crippen LogP) is 4.35. The SMILES string of the molecule is COCCOC(=O)N1C(=O)[C@@]2(c3cc(C#CCC(C(=O)OC)C(=O)OC)ccc31)[C@H](c1ccc(OCCO)cc1)N1[C@H](c3ccccc3)[C@H](c3ccccc3)OC(=O)[C@H]1[C@@H]2C(=O)N1CCN(c2ncccn2)CC1. The van der Waals surface area contributed by atoms with Crippen molar-refractivity contribution in [2.45, 2.75) is 36.1 Å². The molecule has 382 valence electrons. The number of hydrogen-bond acceptors (Lipinski definition) is 17. The van der Waals surface area contributed by atoms with Crippen LogP contribution >= 0.6 is 0 Å². The number of ether oxygens (including phenoxy) is 6. The van der Waals surface area contributed by atoms with Gasteiger partial charge in [0.1, 0.15) is 36.5 Å². The second kappa shape index (κ2) is 22.3. The van der Waals surface area contributed by atoms with Crippen LogP contribution in [-0.4, -0.2) is 141 Å². The molecule has 0 radical (unpaired) electrons. The van der Waals surface area contributed by atoms with Gasteiger partial charge in [-0.15, -0.1) is 0 Å². The van der Waals surface area contributed by atoms with Crippen LogP contribution in [0.4, 0.5) is 16.4 Å². The van der Waals surface area contributed by atoms with Crippen molar-refractivity contribution in [2.24, 2.45) is 11.8 Å². The lowest BCUT2D eigenvalue weighted by Gasteiger charge is -2.46. The molecular formula is C55H54N6O13. The van der Waals surface area contributed by atoms with Crippen LogP contribution in [0, 0.1) is 23.7 Å². The zero-order chi connectivity index (χ0) is 51.9. The molecule has 0 aliphatic carbocycles. The first-order chi connectivity index (χ1) is 36.1. The first kappa shape index (κ1) is 50.7. The van der Waals surface area contributed by atoms with Crippen LogP contribution in [0.2, 0.25) is 0 Å². The number of esters is 3. The van der Waals surface area contributed by atoms with E-state index in [0.717, 1.165) is 19.1 Å². The second-order valence-corrected chi connectivity index (χ2v) is 17.9. The molecule has 3 fully saturated rings. The summed E-state index contributed by atoms with van der Waals surface area (Å²) in [6.45, 7) is 0.467. The van der Waals surface area contributed by atoms with Crippen molar-refractivity contribution in [2.75, 3.05) is 83.7 Å². The van der Waals surface area contributed by atoms with E-state index in [0.29, 0.717) is 41.5 Å². The van der Waals surface area contributed by atoms with E-state index in [1.807, 2.05) is 70.5 Å². The molecule has 9 rings (SSSR count). The van der Waals surface area contributed by atoms with Gasteiger partial charge in [-0.05, 0) is 58.7 Å². The summed E-state index contributed by atoms with van der Waals surface area (Å²) >= 11 is 0. The van der Waals surface area contributed by atoms with Crippen LogP contribution in [-0.2, 0) is 53.1 Å². The highest BCUT2D eigenvalue weighted by Gasteiger charge is 2.76. The summed E-state index contributed by atoms with van der Waals surface area (Å²) in [6, 6.07) is 28.3. The smallest absolute Gasteiger partial charge is 0.421 e. The molecule has 1 N–H and O–H groups in total. The standard InChI is InChI=1S/C55H54N6O13/c1-69-32-33-73-54(68)60-42-23-18-35(12-10-17-40(49(64)70-2)50(65)71-3)34-41(42)55(52(60)67)43(48(63)58-26-28-59(29-27-58)53-56-24-11-25-57-53)45-51(66)74-46(37-15-8-5-9-16-37)44(36-13-6-4-7-14-36)61(45)47(55)38-19-21-39(22-20-38)72-31-30-62/h4-9,11,13-16,18-25,34,40,43-47,62H,17,26-33H2,1-3H3/t43-,44-,45-,46+,47+,55-/m1/s1. The highest BCUT2D eigenvalue weighted by atomic mass is 16.6. The Labute approximate surface area is 426 Å². The lowest BCUT2D eigenvalue weighted by atomic mass is 9.65. The van der Waals surface area contributed by atoms with E-state index in [1.165, 1.54) is 13.2 Å². The number of nitrogens with zero attached hydrogens (tertiary/aromatic N) is 6. The van der Waals surface area contributed by atoms with E-state index in [1.54, 1.807) is 59.8 Å². The molecule has 0 saturated carbocycles. The number of aliphatic hydroxyl groups excluding tert-OH is 1. The van der Waals surface area contributed by atoms with Gasteiger partial charge in [0, 0.05) is 57.7 Å². The molecule has 0 unspecified atom stereocenters. The van der Waals surface area contributed by atoms with Gasteiger partial charge in [0.2, 0.25) is 17.8 Å². The van der Waals surface area contributed by atoms with Gasteiger partial charge in [-0.1, -0.05) is 84.6 Å². The number of morpholine rings is 1. The first-order valence-corrected chi connectivity index (χ1v) is 24.1. The third-order valence-electron chi connectivity index (χ3n) is 13.9. The average molecular weight is 1010 g/mol. The van der Waals surface area contributed by atoms with Gasteiger partial charge in [-0.3, -0.25) is 28.9 Å². The Bertz CT molecular complexity index is 2910. The highest BCUT2D eigenvalue weighted by molar-refractivity contribution is 6.23. The highest BCUT2D eigenvalue weighted by Crippen LogP contribution is 2.66. The largest absolute Gasteiger partial charge is 0.491 e. The Morgan fingerprint density at radius 2 is 1.43 bits per heavy atom. The Balaban J connectivity index is 1.31. The van der Waals surface area contributed by atoms with Gasteiger partial charge < -0.3 is 43.3 Å². The van der Waals surface area contributed by atoms with Crippen molar-refractivity contribution in [1.29, 1.82) is 0 Å². The monoisotopic (exact) mass is 1010 g/mol. The molecule has 1 aromatic heterocycles. The number of rotatable bonds is 14. The summed E-state index contributed by atoms with van der Waals surface area (Å²) in [5.41, 5.74) is 0.228. The van der Waals surface area contributed by atoms with E-state index in [2.05, 4.69) is 21.8 Å². The third kappa shape index (κ3) is 9.38. The molecule has 4 aromatic carbocycles. The summed E-state index contributed by atoms with van der Waals surface area (Å²) in [5.74, 6) is -0.0114. The number of amides is 3. The van der Waals surface area contributed by atoms with Crippen molar-refractivity contribution in [3.63, 3.8) is 0 Å². The Hall–Kier alpha value is -8.18. The van der Waals surface area contributed by atoms with Crippen LogP contribution in [0.5, 0.6) is 5.75 Å². The molecule has 1 spiro atoms. The number of carbonyl (C=O) groups is 6. The fourth-order valence-electron chi connectivity index (χ4n) is 10.7. The van der Waals surface area contributed by atoms with E-state index >= 15 is 14.4 Å². The average Bonchev–Trinajstić information content (AvgIpc) is 3.90. The second-order valence-electron chi connectivity index (χ2n) is 17.9. The molecule has 19 heteroatoms. The van der Waals surface area contributed by atoms with Crippen LogP contribution in [0.3, 0.4) is 0 Å². The first-order valence-electron chi connectivity index (χ1n) is 24.1. The van der Waals surface area contributed by atoms with Gasteiger partial charge in [0.15, 0.2) is 5.92 Å². The van der Waals surface area contributed by atoms with E-state index < -0.39 is 77.3 Å². The molecule has 74 heavy (non-hydrogen) atoms. The summed E-state index contributed by atoms with van der Waals surface area (Å²) in [7, 11) is 3.73. The summed E-state index contributed by atoms with van der Waals surface area (Å²) < 4.78 is 33.1. The summed E-state index contributed by atoms with van der Waals surface area (Å²) in [5, 5.41) is 9.64. The van der Waals surface area contributed by atoms with Gasteiger partial charge in [-0.25, -0.2) is 19.7 Å². The zero-order valence-corrected chi connectivity index (χ0v) is 40.9. The number of carbonyl (C=O) groups excluding carboxylic acids is 6. The van der Waals surface area contributed by atoms with Crippen molar-refractivity contribution < 1.29 is 62.3 Å². The Kier molecular flexibility index (Phi) is 15.3. The maximum Gasteiger partial charge on any atom is 0.421 e. The number of fused-ring (bicyclic) bond motifs is 3. The minimum Gasteiger partial charge on any atom is -0.491 e. The van der Waals surface area contributed by atoms with Crippen molar-refractivity contribution in [3.8, 4) is 17.6 Å². The molecule has 3 amide bonds. The normalized spacial score (nSPS) is 22.1. The number of anilines is 2. The number of hydrogen-bond donors (Lipinski definition) is 1. The van der Waals surface area contributed by atoms with E-state index in [-0.39, 0.29) is 62.8 Å². The summed E-state index contributed by atoms with van der Waals surface area (Å²) in [4.78, 5) is 104. The van der Waals surface area contributed by atoms with Crippen molar-refractivity contribution >= 4 is 47.5 Å². The molecule has 4 aliphatic rings. The predicted molar refractivity (Wildman–Crippen MR) is 264 cm³/mol. The number of imide groups is 1. The molecule has 5 heterocycles. The van der Waals surface area contributed by atoms with Crippen molar-refractivity contribution in [1.82, 2.24) is 19.8 Å². The van der Waals surface area contributed by atoms with Crippen LogP contribution in [0.15, 0.2) is 122 Å². The topological polar surface area (TPSA) is 217 Å². The minimum absolute atomic E-state index is 0.00233. The lowest BCUT2D eigenvalue weighted by Crippen LogP contribution is -2.59. The maximum absolute atomic E-state index is 16.6. The summed E-state index contributed by atoms with van der Waals surface area (Å²) in [6.07, 6.45) is 0.943. The Morgan fingerprint density at radius 3 is 2.07 bits per heavy atom. The van der Waals surface area contributed by atoms with Gasteiger partial charge in [0.05, 0.1) is 51.1 Å². The molecule has 0 bridgehead atoms. The fourth-order valence-corrected chi connectivity index (χ4v) is 10.7. The molecule has 19 nitrogen and oxygen atoms in total. The van der Waals surface area contributed by atoms with Gasteiger partial charge in [-0.2, -0.15) is 0 Å². The fraction of sp³-hybridized carbons (Fsp3) is 0.345. The lowest BCUT2D eigenvalue weighted by molar-refractivity contribution is -0.179. The minimum atomic E-state index is -2.14. The molecule has 3 saturated heterocycles. The Morgan fingerprint density at radius 1 is 0.770 bits per heavy atom. The maximum atomic E-state index is 16.6. The third-order valence-corrected chi connectivity index (χ3v) is 13.9. The number of benzene rings is 4. The number of piperazine rings is 1. The van der Waals surface area contributed by atoms with E-state index in [4.69, 9.17) is 28.4 Å². The molecular weight excluding hydrogens is 953 g/mol. The van der Waals surface area contributed by atoms with Gasteiger partial charge in [0.25, 0.3) is 0 Å². The van der Waals surface area contributed by atoms with Crippen LogP contribution in [0.1, 0.15) is 52.4 Å². The van der Waals surface area contributed by atoms with Crippen molar-refractivity contribution in [3.05, 3.63) is 149 Å². The number of aliphatic hydroxyl groups is 1. The number of aromatic nitrogens is 2. The van der Waals surface area contributed by atoms with Gasteiger partial charge >= 0.3 is 24.0 Å².